The summed E-state index contributed by atoms with van der Waals surface area (Å²) in [7, 11) is 0. The molecule has 0 amide bonds. The highest BCUT2D eigenvalue weighted by Gasteiger charge is 2.00. The molecule has 0 radical (unpaired) electrons. The summed E-state index contributed by atoms with van der Waals surface area (Å²) in [6.07, 6.45) is 1.90. The maximum Gasteiger partial charge on any atom is 0.251 e. The fourth-order valence-corrected chi connectivity index (χ4v) is 0.956. The molecule has 0 unspecified atom stereocenters. The van der Waals surface area contributed by atoms with Gasteiger partial charge in [0, 0.05) is 18.4 Å². The minimum Gasteiger partial charge on any atom is -0.396 e. The Labute approximate surface area is 68.9 Å². The Balaban J connectivity index is 2.83. The number of H-pyrrole nitrogens is 1. The number of pyridine rings is 1. The van der Waals surface area contributed by atoms with Gasteiger partial charge in [-0.25, -0.2) is 4.39 Å². The van der Waals surface area contributed by atoms with Crippen molar-refractivity contribution in [3.8, 4) is 0 Å². The van der Waals surface area contributed by atoms with Gasteiger partial charge in [0.1, 0.15) is 5.82 Å². The molecule has 1 heterocycles. The average Bonchev–Trinajstić information content (AvgIpc) is 2.07. The Bertz CT molecular complexity index is 308. The number of aliphatic hydroxyl groups excluding tert-OH is 1. The summed E-state index contributed by atoms with van der Waals surface area (Å²) in [5.74, 6) is -0.456. The van der Waals surface area contributed by atoms with Gasteiger partial charge in [-0.3, -0.25) is 4.79 Å². The van der Waals surface area contributed by atoms with E-state index in [4.69, 9.17) is 5.11 Å². The first-order chi connectivity index (χ1) is 5.74. The summed E-state index contributed by atoms with van der Waals surface area (Å²) in [5, 5.41) is 8.48. The average molecular weight is 171 g/mol. The number of aryl methyl sites for hydroxylation is 1. The van der Waals surface area contributed by atoms with Crippen LogP contribution in [0.25, 0.3) is 0 Å². The highest BCUT2D eigenvalue weighted by atomic mass is 19.1. The van der Waals surface area contributed by atoms with E-state index in [0.29, 0.717) is 18.4 Å². The number of aliphatic hydroxyl groups is 1. The molecule has 0 bridgehead atoms. The molecule has 1 aromatic heterocycles. The van der Waals surface area contributed by atoms with Crippen LogP contribution in [0.15, 0.2) is 17.1 Å². The summed E-state index contributed by atoms with van der Waals surface area (Å²) < 4.78 is 12.5. The van der Waals surface area contributed by atoms with Gasteiger partial charge in [0.05, 0.1) is 0 Å². The van der Waals surface area contributed by atoms with Crippen molar-refractivity contribution in [1.82, 2.24) is 4.98 Å². The van der Waals surface area contributed by atoms with E-state index in [-0.39, 0.29) is 12.2 Å². The maximum absolute atomic E-state index is 12.5. The molecule has 0 fully saturated rings. The van der Waals surface area contributed by atoms with Gasteiger partial charge in [-0.05, 0) is 18.9 Å². The first-order valence-electron chi connectivity index (χ1n) is 3.72. The molecule has 66 valence electrons. The Morgan fingerprint density at radius 3 is 3.00 bits per heavy atom. The highest BCUT2D eigenvalue weighted by Crippen LogP contribution is 1.98. The van der Waals surface area contributed by atoms with E-state index in [1.807, 2.05) is 0 Å². The number of nitrogens with one attached hydrogen (secondary N) is 1. The Morgan fingerprint density at radius 1 is 1.58 bits per heavy atom. The van der Waals surface area contributed by atoms with Crippen molar-refractivity contribution in [2.75, 3.05) is 6.61 Å². The number of rotatable bonds is 3. The van der Waals surface area contributed by atoms with Crippen LogP contribution in [0.4, 0.5) is 4.39 Å². The Morgan fingerprint density at radius 2 is 2.33 bits per heavy atom. The zero-order valence-electron chi connectivity index (χ0n) is 6.51. The lowest BCUT2D eigenvalue weighted by atomic mass is 10.1. The molecule has 0 aliphatic carbocycles. The second-order valence-corrected chi connectivity index (χ2v) is 2.50. The van der Waals surface area contributed by atoms with Gasteiger partial charge >= 0.3 is 0 Å². The third kappa shape index (κ3) is 2.17. The molecule has 3 nitrogen and oxygen atoms in total. The summed E-state index contributed by atoms with van der Waals surface area (Å²) in [4.78, 5) is 13.2. The molecule has 4 heteroatoms. The summed E-state index contributed by atoms with van der Waals surface area (Å²) >= 11 is 0. The molecule has 0 aliphatic rings. The van der Waals surface area contributed by atoms with Crippen LogP contribution < -0.4 is 5.56 Å². The third-order valence-electron chi connectivity index (χ3n) is 1.55. The standard InChI is InChI=1S/C8H10FNO2/c9-7-4-6(2-1-3-11)8(12)10-5-7/h4-5,11H,1-3H2,(H,10,12). The van der Waals surface area contributed by atoms with E-state index in [9.17, 15) is 9.18 Å². The second-order valence-electron chi connectivity index (χ2n) is 2.50. The smallest absolute Gasteiger partial charge is 0.251 e. The molecule has 12 heavy (non-hydrogen) atoms. The predicted molar refractivity (Wildman–Crippen MR) is 42.4 cm³/mol. The van der Waals surface area contributed by atoms with Gasteiger partial charge < -0.3 is 10.1 Å². The van der Waals surface area contributed by atoms with Crippen LogP contribution in [0.1, 0.15) is 12.0 Å². The van der Waals surface area contributed by atoms with Crippen molar-refractivity contribution in [2.45, 2.75) is 12.8 Å². The van der Waals surface area contributed by atoms with E-state index >= 15 is 0 Å². The normalized spacial score (nSPS) is 10.2. The highest BCUT2D eigenvalue weighted by molar-refractivity contribution is 5.10. The first kappa shape index (κ1) is 8.93. The van der Waals surface area contributed by atoms with Crippen molar-refractivity contribution in [1.29, 1.82) is 0 Å². The SMILES string of the molecule is O=c1[nH]cc(F)cc1CCCO. The maximum atomic E-state index is 12.5. The molecule has 0 saturated heterocycles. The second kappa shape index (κ2) is 4.01. The van der Waals surface area contributed by atoms with Crippen LogP contribution in [0.5, 0.6) is 0 Å². The van der Waals surface area contributed by atoms with Gasteiger partial charge in [-0.15, -0.1) is 0 Å². The summed E-state index contributed by atoms with van der Waals surface area (Å²) in [6.45, 7) is 0.00987. The van der Waals surface area contributed by atoms with E-state index in [0.717, 1.165) is 6.20 Å². The van der Waals surface area contributed by atoms with E-state index in [1.165, 1.54) is 6.07 Å². The van der Waals surface area contributed by atoms with Crippen LogP contribution >= 0.6 is 0 Å². The lowest BCUT2D eigenvalue weighted by Crippen LogP contribution is -2.12. The van der Waals surface area contributed by atoms with E-state index in [2.05, 4.69) is 4.98 Å². The van der Waals surface area contributed by atoms with E-state index < -0.39 is 5.82 Å². The number of halogens is 1. The van der Waals surface area contributed by atoms with Gasteiger partial charge in [-0.1, -0.05) is 0 Å². The molecular weight excluding hydrogens is 161 g/mol. The van der Waals surface area contributed by atoms with Gasteiger partial charge in [0.15, 0.2) is 0 Å². The molecule has 0 aromatic carbocycles. The van der Waals surface area contributed by atoms with Crippen LogP contribution in [-0.2, 0) is 6.42 Å². The van der Waals surface area contributed by atoms with Crippen LogP contribution in [0.3, 0.4) is 0 Å². The van der Waals surface area contributed by atoms with Crippen molar-refractivity contribution >= 4 is 0 Å². The number of hydrogen-bond donors (Lipinski definition) is 2. The number of aromatic nitrogens is 1. The third-order valence-corrected chi connectivity index (χ3v) is 1.55. The number of aromatic amines is 1. The molecule has 2 N–H and O–H groups in total. The first-order valence-corrected chi connectivity index (χ1v) is 3.72. The molecule has 0 aliphatic heterocycles. The lowest BCUT2D eigenvalue weighted by Gasteiger charge is -1.97. The Hall–Kier alpha value is -1.16. The summed E-state index contributed by atoms with van der Waals surface area (Å²) in [6, 6.07) is 1.19. The van der Waals surface area contributed by atoms with Crippen molar-refractivity contribution in [2.24, 2.45) is 0 Å². The topological polar surface area (TPSA) is 53.1 Å². The molecule has 0 saturated carbocycles. The molecule has 0 spiro atoms. The molecule has 1 aromatic rings. The zero-order chi connectivity index (χ0) is 8.97. The van der Waals surface area contributed by atoms with Gasteiger partial charge in [-0.2, -0.15) is 0 Å². The minimum atomic E-state index is -0.456. The van der Waals surface area contributed by atoms with E-state index in [1.54, 1.807) is 0 Å². The van der Waals surface area contributed by atoms with Gasteiger partial charge in [0.25, 0.3) is 5.56 Å². The predicted octanol–water partition coefficient (Wildman–Crippen LogP) is 0.439. The number of hydrogen-bond acceptors (Lipinski definition) is 2. The largest absolute Gasteiger partial charge is 0.396 e. The molecular formula is C8H10FNO2. The minimum absolute atomic E-state index is 0.00987. The van der Waals surface area contributed by atoms with Crippen LogP contribution in [-0.4, -0.2) is 16.7 Å². The fourth-order valence-electron chi connectivity index (χ4n) is 0.956. The van der Waals surface area contributed by atoms with Crippen LogP contribution in [0, 0.1) is 5.82 Å². The lowest BCUT2D eigenvalue weighted by molar-refractivity contribution is 0.288. The van der Waals surface area contributed by atoms with Crippen molar-refractivity contribution in [3.05, 3.63) is 34.0 Å². The summed E-state index contributed by atoms with van der Waals surface area (Å²) in [5.41, 5.74) is 0.0916. The van der Waals surface area contributed by atoms with Gasteiger partial charge in [0.2, 0.25) is 0 Å². The van der Waals surface area contributed by atoms with Crippen LogP contribution in [0.2, 0.25) is 0 Å². The fraction of sp³-hybridized carbons (Fsp3) is 0.375. The zero-order valence-corrected chi connectivity index (χ0v) is 6.51. The monoisotopic (exact) mass is 171 g/mol. The van der Waals surface area contributed by atoms with Crippen molar-refractivity contribution < 1.29 is 9.50 Å². The Kier molecular flexibility index (Phi) is 2.99. The quantitative estimate of drug-likeness (QED) is 0.693. The van der Waals surface area contributed by atoms with Crippen molar-refractivity contribution in [3.63, 3.8) is 0 Å². The molecule has 0 atom stereocenters. The molecule has 1 rings (SSSR count).